The number of amides is 2. The van der Waals surface area contributed by atoms with Crippen molar-refractivity contribution in [3.8, 4) is 0 Å². The van der Waals surface area contributed by atoms with E-state index >= 15 is 0 Å². The predicted octanol–water partition coefficient (Wildman–Crippen LogP) is 3.54. The number of aryl methyl sites for hydroxylation is 1. The van der Waals surface area contributed by atoms with Crippen molar-refractivity contribution in [2.45, 2.75) is 38.1 Å². The second-order valence-electron chi connectivity index (χ2n) is 9.29. The monoisotopic (exact) mass is 509 g/mol. The molecule has 2 aliphatic rings. The average molecular weight is 510 g/mol. The summed E-state index contributed by atoms with van der Waals surface area (Å²) in [7, 11) is -3.37. The van der Waals surface area contributed by atoms with Gasteiger partial charge in [0.15, 0.2) is 9.84 Å². The van der Waals surface area contributed by atoms with E-state index in [2.05, 4.69) is 15.6 Å². The molecule has 186 valence electrons. The van der Waals surface area contributed by atoms with Crippen molar-refractivity contribution >= 4 is 38.2 Å². The third kappa shape index (κ3) is 4.56. The van der Waals surface area contributed by atoms with Crippen molar-refractivity contribution in [1.82, 2.24) is 10.3 Å². The number of aromatic nitrogens is 1. The lowest BCUT2D eigenvalue weighted by Crippen LogP contribution is -2.38. The summed E-state index contributed by atoms with van der Waals surface area (Å²) in [4.78, 5) is 41.8. The maximum absolute atomic E-state index is 14.0. The molecule has 2 amide bonds. The van der Waals surface area contributed by atoms with Crippen molar-refractivity contribution in [2.24, 2.45) is 0 Å². The Morgan fingerprint density at radius 1 is 1.08 bits per heavy atom. The molecular weight excluding hydrogens is 485 g/mol. The third-order valence-corrected chi connectivity index (χ3v) is 8.14. The zero-order valence-corrected chi connectivity index (χ0v) is 20.2. The minimum Gasteiger partial charge on any atom is -0.345 e. The number of H-pyrrole nitrogens is 1. The van der Waals surface area contributed by atoms with Crippen molar-refractivity contribution < 1.29 is 22.4 Å². The first-order valence-electron chi connectivity index (χ1n) is 11.6. The number of nitrogens with one attached hydrogen (secondary N) is 3. The van der Waals surface area contributed by atoms with Crippen LogP contribution in [0, 0.1) is 12.7 Å². The first-order chi connectivity index (χ1) is 17.1. The number of anilines is 1. The van der Waals surface area contributed by atoms with E-state index in [0.29, 0.717) is 10.9 Å². The van der Waals surface area contributed by atoms with E-state index < -0.39 is 39.1 Å². The van der Waals surface area contributed by atoms with E-state index in [-0.39, 0.29) is 34.0 Å². The fourth-order valence-corrected chi connectivity index (χ4v) is 5.78. The second kappa shape index (κ2) is 9.02. The lowest BCUT2D eigenvalue weighted by atomic mass is 9.77. The van der Waals surface area contributed by atoms with Crippen LogP contribution in [0.1, 0.15) is 57.0 Å². The Hall–Kier alpha value is -3.79. The van der Waals surface area contributed by atoms with E-state index in [1.807, 2.05) is 6.07 Å². The number of carbonyl (C=O) groups is 2. The molecule has 1 aromatic heterocycles. The lowest BCUT2D eigenvalue weighted by molar-refractivity contribution is 0.0945. The standard InChI is InChI=1S/C26H24FN3O5S/c1-14-5-7-17(12-21(14)27)28-26(33)22-19(15-3-2-4-15)8-6-16-11-20(25(32)30-23(16)22)24(31)29-18-9-10-36(34,35)13-18/h5-12,15,18H,2-4,13H2,1H3,(H,28,33)(H,29,31)(H,30,32)/t18-/m1/s1. The highest BCUT2D eigenvalue weighted by Gasteiger charge is 2.28. The minimum atomic E-state index is -3.37. The van der Waals surface area contributed by atoms with Crippen molar-refractivity contribution in [2.75, 3.05) is 11.1 Å². The molecule has 1 fully saturated rings. The van der Waals surface area contributed by atoms with Crippen LogP contribution in [-0.2, 0) is 9.84 Å². The van der Waals surface area contributed by atoms with Crippen LogP contribution < -0.4 is 16.2 Å². The van der Waals surface area contributed by atoms with Gasteiger partial charge in [-0.15, -0.1) is 0 Å². The second-order valence-corrected chi connectivity index (χ2v) is 11.2. The summed E-state index contributed by atoms with van der Waals surface area (Å²) in [5.41, 5.74) is 1.20. The quantitative estimate of drug-likeness (QED) is 0.485. The Balaban J connectivity index is 1.52. The molecule has 2 heterocycles. The van der Waals surface area contributed by atoms with Crippen LogP contribution in [0.15, 0.2) is 52.7 Å². The molecule has 1 atom stereocenters. The summed E-state index contributed by atoms with van der Waals surface area (Å²) in [5, 5.41) is 6.78. The Kier molecular flexibility index (Phi) is 5.99. The molecule has 10 heteroatoms. The molecule has 0 spiro atoms. The molecule has 0 bridgehead atoms. The molecule has 1 saturated carbocycles. The molecule has 3 N–H and O–H groups in total. The first kappa shape index (κ1) is 23.9. The van der Waals surface area contributed by atoms with Gasteiger partial charge in [-0.3, -0.25) is 14.4 Å². The van der Waals surface area contributed by atoms with Gasteiger partial charge in [0.25, 0.3) is 17.4 Å². The van der Waals surface area contributed by atoms with Crippen LogP contribution in [0.5, 0.6) is 0 Å². The Morgan fingerprint density at radius 2 is 1.86 bits per heavy atom. The largest absolute Gasteiger partial charge is 0.345 e. The maximum atomic E-state index is 14.0. The first-order valence-corrected chi connectivity index (χ1v) is 13.3. The summed E-state index contributed by atoms with van der Waals surface area (Å²) < 4.78 is 37.3. The number of fused-ring (bicyclic) bond motifs is 1. The number of aromatic amines is 1. The fourth-order valence-electron chi connectivity index (χ4n) is 4.54. The zero-order chi connectivity index (χ0) is 25.6. The number of hydrogen-bond donors (Lipinski definition) is 3. The van der Waals surface area contributed by atoms with Gasteiger partial charge in [-0.1, -0.05) is 24.6 Å². The van der Waals surface area contributed by atoms with Gasteiger partial charge in [-0.25, -0.2) is 12.8 Å². The van der Waals surface area contributed by atoms with Gasteiger partial charge in [0.05, 0.1) is 22.9 Å². The Bertz CT molecular complexity index is 1610. The van der Waals surface area contributed by atoms with Gasteiger partial charge in [0.1, 0.15) is 11.4 Å². The number of carbonyl (C=O) groups excluding carboxylic acids is 2. The maximum Gasteiger partial charge on any atom is 0.261 e. The topological polar surface area (TPSA) is 125 Å². The van der Waals surface area contributed by atoms with Gasteiger partial charge in [-0.2, -0.15) is 0 Å². The van der Waals surface area contributed by atoms with E-state index in [0.717, 1.165) is 30.2 Å². The number of pyridine rings is 1. The fraction of sp³-hybridized carbons (Fsp3) is 0.269. The number of halogens is 1. The number of rotatable bonds is 5. The zero-order valence-electron chi connectivity index (χ0n) is 19.4. The van der Waals surface area contributed by atoms with Gasteiger partial charge < -0.3 is 15.6 Å². The number of sulfone groups is 1. The molecule has 3 aromatic rings. The molecule has 1 aliphatic heterocycles. The van der Waals surface area contributed by atoms with E-state index in [4.69, 9.17) is 0 Å². The van der Waals surface area contributed by atoms with Crippen molar-refractivity contribution in [3.05, 3.63) is 86.3 Å². The van der Waals surface area contributed by atoms with Crippen LogP contribution in [0.2, 0.25) is 0 Å². The van der Waals surface area contributed by atoms with Gasteiger partial charge in [0.2, 0.25) is 0 Å². The summed E-state index contributed by atoms with van der Waals surface area (Å²) in [6, 6.07) is 8.65. The van der Waals surface area contributed by atoms with Gasteiger partial charge in [0, 0.05) is 11.1 Å². The molecule has 36 heavy (non-hydrogen) atoms. The minimum absolute atomic E-state index is 0.160. The van der Waals surface area contributed by atoms with Crippen LogP contribution in [0.4, 0.5) is 10.1 Å². The van der Waals surface area contributed by atoms with Crippen LogP contribution in [0.3, 0.4) is 0 Å². The van der Waals surface area contributed by atoms with Gasteiger partial charge in [-0.05, 0) is 66.5 Å². The van der Waals surface area contributed by atoms with Crippen LogP contribution >= 0.6 is 0 Å². The van der Waals surface area contributed by atoms with Crippen molar-refractivity contribution in [3.63, 3.8) is 0 Å². The Labute approximate surface area is 206 Å². The summed E-state index contributed by atoms with van der Waals surface area (Å²) in [6.45, 7) is 1.63. The SMILES string of the molecule is Cc1ccc(NC(=O)c2c(C3CCC3)ccc3cc(C(=O)N[C@@H]4C=CS(=O)(=O)C4)c(=O)[nH]c23)cc1F. The van der Waals surface area contributed by atoms with E-state index in [1.165, 1.54) is 18.2 Å². The summed E-state index contributed by atoms with van der Waals surface area (Å²) >= 11 is 0. The molecule has 5 rings (SSSR count). The highest BCUT2D eigenvalue weighted by Crippen LogP contribution is 2.40. The summed E-state index contributed by atoms with van der Waals surface area (Å²) in [5.74, 6) is -1.75. The van der Waals surface area contributed by atoms with E-state index in [9.17, 15) is 27.2 Å². The smallest absolute Gasteiger partial charge is 0.261 e. The molecule has 0 unspecified atom stereocenters. The average Bonchev–Trinajstić information content (AvgIpc) is 3.12. The lowest BCUT2D eigenvalue weighted by Gasteiger charge is -2.28. The predicted molar refractivity (Wildman–Crippen MR) is 134 cm³/mol. The molecule has 0 radical (unpaired) electrons. The van der Waals surface area contributed by atoms with Crippen LogP contribution in [-0.4, -0.2) is 37.0 Å². The normalized spacial score (nSPS) is 18.7. The Morgan fingerprint density at radius 3 is 2.50 bits per heavy atom. The van der Waals surface area contributed by atoms with Crippen molar-refractivity contribution in [1.29, 1.82) is 0 Å². The highest BCUT2D eigenvalue weighted by molar-refractivity contribution is 7.94. The van der Waals surface area contributed by atoms with Crippen LogP contribution in [0.25, 0.3) is 10.9 Å². The van der Waals surface area contributed by atoms with Gasteiger partial charge >= 0.3 is 0 Å². The number of hydrogen-bond acceptors (Lipinski definition) is 5. The number of benzene rings is 2. The molecule has 2 aromatic carbocycles. The third-order valence-electron chi connectivity index (χ3n) is 6.75. The molecule has 0 saturated heterocycles. The molecular formula is C26H24FN3O5S. The highest BCUT2D eigenvalue weighted by atomic mass is 32.2. The van der Waals surface area contributed by atoms with E-state index in [1.54, 1.807) is 25.1 Å². The molecule has 1 aliphatic carbocycles. The summed E-state index contributed by atoms with van der Waals surface area (Å²) in [6.07, 6.45) is 4.22. The molecule has 8 nitrogen and oxygen atoms in total.